The molecule has 1 saturated carbocycles. The van der Waals surface area contributed by atoms with Crippen LogP contribution in [0.4, 0.5) is 10.5 Å². The number of hydrogen-bond acceptors (Lipinski definition) is 9. The Hall–Kier alpha value is -3.27. The van der Waals surface area contributed by atoms with Crippen molar-refractivity contribution in [1.82, 2.24) is 0 Å². The molecule has 0 radical (unpaired) electrons. The monoisotopic (exact) mass is 489 g/mol. The first kappa shape index (κ1) is 26.3. The van der Waals surface area contributed by atoms with Crippen molar-refractivity contribution in [3.63, 3.8) is 0 Å². The van der Waals surface area contributed by atoms with E-state index >= 15 is 0 Å². The van der Waals surface area contributed by atoms with Crippen LogP contribution in [-0.4, -0.2) is 60.3 Å². The van der Waals surface area contributed by atoms with Crippen LogP contribution in [0.25, 0.3) is 0 Å². The number of fused-ring (bicyclic) bond motifs is 2. The third-order valence-electron chi connectivity index (χ3n) is 6.47. The van der Waals surface area contributed by atoms with Crippen LogP contribution in [0.15, 0.2) is 24.3 Å². The zero-order valence-electron chi connectivity index (χ0n) is 20.5. The highest BCUT2D eigenvalue weighted by molar-refractivity contribution is 6.26. The Balaban J connectivity index is 2.43. The smallest absolute Gasteiger partial charge is 0.421 e. The largest absolute Gasteiger partial charge is 0.465 e. The maximum atomic E-state index is 14.3. The summed E-state index contributed by atoms with van der Waals surface area (Å²) in [6, 6.07) is 6.00. The molecular weight excluding hydrogens is 458 g/mol. The van der Waals surface area contributed by atoms with Crippen LogP contribution in [0.1, 0.15) is 53.0 Å². The lowest BCUT2D eigenvalue weighted by molar-refractivity contribution is -0.198. The number of carbonyl (C=O) groups excluding carboxylic acids is 5. The quantitative estimate of drug-likeness (QED) is 0.286. The van der Waals surface area contributed by atoms with E-state index in [9.17, 15) is 29.1 Å². The Morgan fingerprint density at radius 2 is 1.66 bits per heavy atom. The Morgan fingerprint density at radius 3 is 2.17 bits per heavy atom. The van der Waals surface area contributed by atoms with Crippen molar-refractivity contribution in [3.8, 4) is 0 Å². The topological polar surface area (TPSA) is 137 Å². The van der Waals surface area contributed by atoms with E-state index in [1.165, 1.54) is 26.0 Å². The van der Waals surface area contributed by atoms with Crippen LogP contribution in [0.2, 0.25) is 0 Å². The minimum Gasteiger partial charge on any atom is -0.465 e. The van der Waals surface area contributed by atoms with E-state index in [1.54, 1.807) is 32.9 Å². The molecule has 0 bridgehead atoms. The molecule has 1 aliphatic carbocycles. The van der Waals surface area contributed by atoms with Gasteiger partial charge in [-0.2, -0.15) is 0 Å². The molecule has 3 atom stereocenters. The molecule has 10 heteroatoms. The summed E-state index contributed by atoms with van der Waals surface area (Å²) in [4.78, 5) is 68.0. The van der Waals surface area contributed by atoms with Gasteiger partial charge in [0.05, 0.1) is 25.0 Å². The fraction of sp³-hybridized carbons (Fsp3) is 0.560. The summed E-state index contributed by atoms with van der Waals surface area (Å²) in [7, 11) is 0. The third-order valence-corrected chi connectivity index (χ3v) is 6.47. The van der Waals surface area contributed by atoms with Gasteiger partial charge in [-0.3, -0.25) is 14.4 Å². The number of imide groups is 1. The van der Waals surface area contributed by atoms with Crippen molar-refractivity contribution in [1.29, 1.82) is 0 Å². The lowest BCUT2D eigenvalue weighted by Gasteiger charge is -2.51. The molecule has 35 heavy (non-hydrogen) atoms. The number of aldehydes is 1. The number of anilines is 1. The highest BCUT2D eigenvalue weighted by Gasteiger charge is 2.79. The Labute approximate surface area is 203 Å². The van der Waals surface area contributed by atoms with Crippen LogP contribution in [0.3, 0.4) is 0 Å². The van der Waals surface area contributed by atoms with Crippen LogP contribution >= 0.6 is 0 Å². The number of para-hydroxylation sites is 1. The standard InChI is InChI=1S/C25H31NO9/c1-6-33-20(30)24(21(31)34-7-2)15(14-27)12-13-18(28)25(24)16-10-8-9-11-17(16)26(19(25)29)22(32)35-23(3,4)5/h8-11,14-15,18,28H,6-7,12-13H2,1-5H3/t15-,18-,25-/m0/s1. The van der Waals surface area contributed by atoms with Crippen molar-refractivity contribution in [2.45, 2.75) is 64.6 Å². The van der Waals surface area contributed by atoms with Gasteiger partial charge in [-0.15, -0.1) is 0 Å². The predicted octanol–water partition coefficient (Wildman–Crippen LogP) is 2.29. The van der Waals surface area contributed by atoms with Crippen molar-refractivity contribution < 1.29 is 43.3 Å². The summed E-state index contributed by atoms with van der Waals surface area (Å²) < 4.78 is 16.0. The average molecular weight is 490 g/mol. The number of ether oxygens (including phenoxy) is 3. The molecule has 190 valence electrons. The van der Waals surface area contributed by atoms with Gasteiger partial charge < -0.3 is 24.1 Å². The van der Waals surface area contributed by atoms with Gasteiger partial charge in [-0.25, -0.2) is 9.69 Å². The molecule has 2 aliphatic rings. The van der Waals surface area contributed by atoms with Crippen LogP contribution in [-0.2, 0) is 38.8 Å². The van der Waals surface area contributed by atoms with Crippen molar-refractivity contribution in [2.75, 3.05) is 18.1 Å². The summed E-state index contributed by atoms with van der Waals surface area (Å²) in [5, 5.41) is 11.5. The van der Waals surface area contributed by atoms with Gasteiger partial charge in [-0.05, 0) is 59.1 Å². The molecule has 1 spiro atoms. The molecule has 1 heterocycles. The molecule has 1 N–H and O–H groups in total. The normalized spacial score (nSPS) is 25.1. The first-order valence-electron chi connectivity index (χ1n) is 11.6. The van der Waals surface area contributed by atoms with Gasteiger partial charge in [0, 0.05) is 5.92 Å². The van der Waals surface area contributed by atoms with Crippen molar-refractivity contribution in [3.05, 3.63) is 29.8 Å². The lowest BCUT2D eigenvalue weighted by atomic mass is 9.48. The summed E-state index contributed by atoms with van der Waals surface area (Å²) in [5.74, 6) is -4.78. The van der Waals surface area contributed by atoms with Crippen LogP contribution in [0.5, 0.6) is 0 Å². The molecule has 1 fully saturated rings. The zero-order chi connectivity index (χ0) is 26.2. The van der Waals surface area contributed by atoms with E-state index in [0.29, 0.717) is 11.2 Å². The summed E-state index contributed by atoms with van der Waals surface area (Å²) in [5.41, 5.74) is -5.82. The number of benzene rings is 1. The van der Waals surface area contributed by atoms with E-state index in [4.69, 9.17) is 14.2 Å². The van der Waals surface area contributed by atoms with E-state index in [-0.39, 0.29) is 37.3 Å². The number of aliphatic hydroxyl groups excluding tert-OH is 1. The second kappa shape index (κ2) is 9.41. The predicted molar refractivity (Wildman–Crippen MR) is 122 cm³/mol. The van der Waals surface area contributed by atoms with E-state index in [0.717, 1.165) is 0 Å². The summed E-state index contributed by atoms with van der Waals surface area (Å²) >= 11 is 0. The molecule has 1 aromatic rings. The lowest BCUT2D eigenvalue weighted by Crippen LogP contribution is -2.71. The average Bonchev–Trinajstić information content (AvgIpc) is 3.04. The number of carbonyl (C=O) groups is 5. The molecule has 0 saturated heterocycles. The minimum absolute atomic E-state index is 0.0373. The highest BCUT2D eigenvalue weighted by atomic mass is 16.6. The maximum Gasteiger partial charge on any atom is 0.421 e. The minimum atomic E-state index is -2.57. The Bertz CT molecular complexity index is 1030. The van der Waals surface area contributed by atoms with Gasteiger partial charge in [0.15, 0.2) is 5.41 Å². The van der Waals surface area contributed by atoms with Crippen molar-refractivity contribution >= 4 is 35.9 Å². The molecule has 10 nitrogen and oxygen atoms in total. The Morgan fingerprint density at radius 1 is 1.09 bits per heavy atom. The van der Waals surface area contributed by atoms with Gasteiger partial charge in [-0.1, -0.05) is 18.2 Å². The molecular formula is C25H31NO9. The first-order chi connectivity index (χ1) is 16.4. The Kier molecular flexibility index (Phi) is 7.08. The molecule has 2 amide bonds. The van der Waals surface area contributed by atoms with Gasteiger partial charge >= 0.3 is 18.0 Å². The molecule has 0 unspecified atom stereocenters. The van der Waals surface area contributed by atoms with E-state index < -0.39 is 52.4 Å². The fourth-order valence-electron chi connectivity index (χ4n) is 5.29. The number of rotatable bonds is 5. The maximum absolute atomic E-state index is 14.3. The molecule has 3 rings (SSSR count). The summed E-state index contributed by atoms with van der Waals surface area (Å²) in [6.07, 6.45) is -2.42. The van der Waals surface area contributed by atoms with Gasteiger partial charge in [0.25, 0.3) is 5.91 Å². The van der Waals surface area contributed by atoms with Crippen molar-refractivity contribution in [2.24, 2.45) is 11.3 Å². The van der Waals surface area contributed by atoms with E-state index in [2.05, 4.69) is 0 Å². The van der Waals surface area contributed by atoms with Crippen LogP contribution in [0, 0.1) is 11.3 Å². The fourth-order valence-corrected chi connectivity index (χ4v) is 5.29. The van der Waals surface area contributed by atoms with Gasteiger partial charge in [0.2, 0.25) is 0 Å². The molecule has 1 aliphatic heterocycles. The zero-order valence-corrected chi connectivity index (χ0v) is 20.5. The highest BCUT2D eigenvalue weighted by Crippen LogP contribution is 2.61. The number of amides is 2. The first-order valence-corrected chi connectivity index (χ1v) is 11.6. The second-order valence-corrected chi connectivity index (χ2v) is 9.53. The van der Waals surface area contributed by atoms with Crippen LogP contribution < -0.4 is 4.90 Å². The third kappa shape index (κ3) is 3.71. The SMILES string of the molecule is CCOC(=O)C1(C(=O)OCC)[C@H](C=O)CC[C@H](O)[C@@]12C(=O)N(C(=O)OC(C)(C)C)c1ccccc12. The molecule has 0 aromatic heterocycles. The summed E-state index contributed by atoms with van der Waals surface area (Å²) in [6.45, 7) is 7.55. The number of hydrogen-bond donors (Lipinski definition) is 1. The molecule has 1 aromatic carbocycles. The number of esters is 2. The number of nitrogens with zero attached hydrogens (tertiary/aromatic N) is 1. The van der Waals surface area contributed by atoms with E-state index in [1.807, 2.05) is 0 Å². The second-order valence-electron chi connectivity index (χ2n) is 9.53. The van der Waals surface area contributed by atoms with Gasteiger partial charge in [0.1, 0.15) is 17.3 Å². The number of aliphatic hydroxyl groups is 1.